The number of rotatable bonds is 0. The third kappa shape index (κ3) is 1.13. The van der Waals surface area contributed by atoms with Crippen molar-refractivity contribution in [3.05, 3.63) is 27.2 Å². The maximum absolute atomic E-state index is 10.4. The van der Waals surface area contributed by atoms with Crippen LogP contribution in [0.15, 0.2) is 26.0 Å². The predicted octanol–water partition coefficient (Wildman–Crippen LogP) is 1.11. The molecule has 9 heavy (non-hydrogen) atoms. The van der Waals surface area contributed by atoms with E-state index in [0.717, 1.165) is 0 Å². The molecule has 1 N–H and O–H groups in total. The van der Waals surface area contributed by atoms with E-state index in [1.165, 1.54) is 12.3 Å². The Balaban J connectivity index is 3.43. The minimum Gasteiger partial charge on any atom is -0.501 e. The largest absolute Gasteiger partial charge is 0.501 e. The van der Waals surface area contributed by atoms with E-state index in [2.05, 4.69) is 20.3 Å². The molecule has 0 amide bonds. The van der Waals surface area contributed by atoms with Gasteiger partial charge in [-0.15, -0.1) is 0 Å². The third-order valence-corrected chi connectivity index (χ3v) is 1.45. The van der Waals surface area contributed by atoms with Gasteiger partial charge in [0.05, 0.1) is 10.7 Å². The zero-order valence-electron chi connectivity index (χ0n) is 4.30. The Bertz CT molecular complexity index is 265. The van der Waals surface area contributed by atoms with Crippen molar-refractivity contribution >= 4 is 15.9 Å². The highest BCUT2D eigenvalue weighted by molar-refractivity contribution is 9.10. The summed E-state index contributed by atoms with van der Waals surface area (Å²) < 4.78 is 4.65. The molecule has 0 unspecified atom stereocenters. The van der Waals surface area contributed by atoms with E-state index in [1.807, 2.05) is 0 Å². The van der Waals surface area contributed by atoms with E-state index >= 15 is 0 Å². The fraction of sp³-hybridized carbons (Fsp3) is 0. The van der Waals surface area contributed by atoms with Crippen molar-refractivity contribution in [3.8, 4) is 5.75 Å². The van der Waals surface area contributed by atoms with Crippen molar-refractivity contribution in [1.29, 1.82) is 0 Å². The molecule has 0 aromatic carbocycles. The summed E-state index contributed by atoms with van der Waals surface area (Å²) in [4.78, 5) is 10.4. The van der Waals surface area contributed by atoms with Crippen molar-refractivity contribution < 1.29 is 9.52 Å². The number of halogens is 1. The van der Waals surface area contributed by atoms with Gasteiger partial charge < -0.3 is 9.52 Å². The Hall–Kier alpha value is -0.770. The summed E-state index contributed by atoms with van der Waals surface area (Å²) in [6.07, 6.45) is 1.20. The van der Waals surface area contributed by atoms with Crippen LogP contribution in [0.25, 0.3) is 0 Å². The molecule has 48 valence electrons. The minimum absolute atomic E-state index is 0.346. The Morgan fingerprint density at radius 3 is 2.78 bits per heavy atom. The second-order valence-electron chi connectivity index (χ2n) is 1.40. The SMILES string of the molecule is O=c1occc(Br)c1O. The predicted molar refractivity (Wildman–Crippen MR) is 34.3 cm³/mol. The summed E-state index contributed by atoms with van der Waals surface area (Å²) in [5, 5.41) is 8.75. The Morgan fingerprint density at radius 1 is 1.67 bits per heavy atom. The van der Waals surface area contributed by atoms with Crippen LogP contribution in [0.5, 0.6) is 5.75 Å². The van der Waals surface area contributed by atoms with E-state index in [0.29, 0.717) is 4.47 Å². The summed E-state index contributed by atoms with van der Waals surface area (Å²) in [6.45, 7) is 0. The molecule has 1 rings (SSSR count). The van der Waals surface area contributed by atoms with E-state index in [9.17, 15) is 4.79 Å². The lowest BCUT2D eigenvalue weighted by atomic mass is 10.5. The zero-order chi connectivity index (χ0) is 6.85. The fourth-order valence-corrected chi connectivity index (χ4v) is 0.658. The topological polar surface area (TPSA) is 50.4 Å². The van der Waals surface area contributed by atoms with Gasteiger partial charge in [-0.1, -0.05) is 0 Å². The van der Waals surface area contributed by atoms with Crippen molar-refractivity contribution in [3.63, 3.8) is 0 Å². The van der Waals surface area contributed by atoms with Crippen LogP contribution in [0, 0.1) is 0 Å². The molecule has 0 aliphatic heterocycles. The van der Waals surface area contributed by atoms with E-state index in [4.69, 9.17) is 5.11 Å². The lowest BCUT2D eigenvalue weighted by molar-refractivity contribution is 0.408. The van der Waals surface area contributed by atoms with Gasteiger partial charge in [0.15, 0.2) is 0 Å². The molecule has 0 aliphatic rings. The third-order valence-electron chi connectivity index (χ3n) is 0.809. The lowest BCUT2D eigenvalue weighted by Crippen LogP contribution is -1.95. The molecule has 3 nitrogen and oxygen atoms in total. The Labute approximate surface area is 59.1 Å². The first kappa shape index (κ1) is 6.35. The molecule has 0 saturated heterocycles. The van der Waals surface area contributed by atoms with Crippen LogP contribution in [0.3, 0.4) is 0 Å². The summed E-state index contributed by atoms with van der Waals surface area (Å²) in [6, 6.07) is 1.44. The summed E-state index contributed by atoms with van der Waals surface area (Å²) in [5.74, 6) is -0.391. The smallest absolute Gasteiger partial charge is 0.379 e. The van der Waals surface area contributed by atoms with Gasteiger partial charge in [-0.3, -0.25) is 0 Å². The first-order chi connectivity index (χ1) is 4.22. The van der Waals surface area contributed by atoms with Crippen LogP contribution < -0.4 is 5.63 Å². The van der Waals surface area contributed by atoms with Gasteiger partial charge in [0, 0.05) is 0 Å². The molecule has 1 aromatic rings. The van der Waals surface area contributed by atoms with E-state index in [1.54, 1.807) is 0 Å². The van der Waals surface area contributed by atoms with Gasteiger partial charge >= 0.3 is 5.63 Å². The van der Waals surface area contributed by atoms with Crippen molar-refractivity contribution in [1.82, 2.24) is 0 Å². The highest BCUT2D eigenvalue weighted by Gasteiger charge is 2.00. The van der Waals surface area contributed by atoms with Gasteiger partial charge in [0.1, 0.15) is 0 Å². The van der Waals surface area contributed by atoms with Crippen molar-refractivity contribution in [2.45, 2.75) is 0 Å². The minimum atomic E-state index is -0.732. The van der Waals surface area contributed by atoms with Crippen LogP contribution in [-0.4, -0.2) is 5.11 Å². The molecular formula is C5H3BrO3. The quantitative estimate of drug-likeness (QED) is 0.667. The normalized spacial score (nSPS) is 9.44. The molecule has 0 fully saturated rings. The van der Waals surface area contributed by atoms with Gasteiger partial charge in [-0.2, -0.15) is 0 Å². The Kier molecular flexibility index (Phi) is 1.57. The molecule has 0 radical (unpaired) electrons. The van der Waals surface area contributed by atoms with Crippen LogP contribution in [-0.2, 0) is 0 Å². The second kappa shape index (κ2) is 2.23. The number of hydrogen-bond acceptors (Lipinski definition) is 3. The van der Waals surface area contributed by atoms with E-state index < -0.39 is 11.4 Å². The molecule has 0 atom stereocenters. The fourth-order valence-electron chi connectivity index (χ4n) is 0.388. The summed E-state index contributed by atoms with van der Waals surface area (Å²) in [5.41, 5.74) is -0.732. The standard InChI is InChI=1S/C5H3BrO3/c6-3-1-2-9-5(8)4(3)7/h1-2,7H. The van der Waals surface area contributed by atoms with Crippen LogP contribution >= 0.6 is 15.9 Å². The Morgan fingerprint density at radius 2 is 2.33 bits per heavy atom. The van der Waals surface area contributed by atoms with Crippen molar-refractivity contribution in [2.75, 3.05) is 0 Å². The van der Waals surface area contributed by atoms with Crippen LogP contribution in [0.1, 0.15) is 0 Å². The molecule has 0 bridgehead atoms. The van der Waals surface area contributed by atoms with Gasteiger partial charge in [-0.25, -0.2) is 4.79 Å². The molecule has 0 saturated carbocycles. The first-order valence-corrected chi connectivity index (χ1v) is 2.97. The molecule has 0 aliphatic carbocycles. The van der Waals surface area contributed by atoms with Crippen molar-refractivity contribution in [2.24, 2.45) is 0 Å². The highest BCUT2D eigenvalue weighted by Crippen LogP contribution is 2.16. The van der Waals surface area contributed by atoms with Gasteiger partial charge in [0.2, 0.25) is 5.75 Å². The summed E-state index contributed by atoms with van der Waals surface area (Å²) in [7, 11) is 0. The van der Waals surface area contributed by atoms with Gasteiger partial charge in [0.25, 0.3) is 0 Å². The highest BCUT2D eigenvalue weighted by atomic mass is 79.9. The van der Waals surface area contributed by atoms with E-state index in [-0.39, 0.29) is 0 Å². The molecule has 4 heteroatoms. The molecule has 1 heterocycles. The number of aromatic hydroxyl groups is 1. The lowest BCUT2D eigenvalue weighted by Gasteiger charge is -1.88. The van der Waals surface area contributed by atoms with Crippen LogP contribution in [0.4, 0.5) is 0 Å². The maximum atomic E-state index is 10.4. The molecule has 0 spiro atoms. The summed E-state index contributed by atoms with van der Waals surface area (Å²) >= 11 is 2.94. The zero-order valence-corrected chi connectivity index (χ0v) is 5.88. The number of hydrogen-bond donors (Lipinski definition) is 1. The van der Waals surface area contributed by atoms with Gasteiger partial charge in [-0.05, 0) is 22.0 Å². The maximum Gasteiger partial charge on any atom is 0.379 e. The molecular weight excluding hydrogens is 188 g/mol. The first-order valence-electron chi connectivity index (χ1n) is 2.18. The average Bonchev–Trinajstić information content (AvgIpc) is 1.83. The second-order valence-corrected chi connectivity index (χ2v) is 2.26. The molecule has 1 aromatic heterocycles. The average molecular weight is 191 g/mol. The monoisotopic (exact) mass is 190 g/mol. The van der Waals surface area contributed by atoms with Crippen LogP contribution in [0.2, 0.25) is 0 Å².